The third kappa shape index (κ3) is 3.68. The zero-order valence-corrected chi connectivity index (χ0v) is 17.1. The van der Waals surface area contributed by atoms with Gasteiger partial charge in [0.15, 0.2) is 11.2 Å². The van der Waals surface area contributed by atoms with Gasteiger partial charge in [-0.15, -0.1) is 0 Å². The van der Waals surface area contributed by atoms with Gasteiger partial charge in [-0.1, -0.05) is 0 Å². The third-order valence-corrected chi connectivity index (χ3v) is 4.71. The van der Waals surface area contributed by atoms with Crippen LogP contribution in [0, 0.1) is 0 Å². The molecule has 2 aromatic heterocycles. The molecule has 160 valence electrons. The zero-order chi connectivity index (χ0) is 22.0. The molecule has 0 bridgehead atoms. The quantitative estimate of drug-likeness (QED) is 0.564. The Morgan fingerprint density at radius 2 is 1.90 bits per heavy atom. The first-order valence-electron chi connectivity index (χ1n) is 9.22. The summed E-state index contributed by atoms with van der Waals surface area (Å²) in [5.74, 6) is -0.617. The number of rotatable bonds is 5. The number of fused-ring (bicyclic) bond motifs is 1. The van der Waals surface area contributed by atoms with Gasteiger partial charge in [0, 0.05) is 11.8 Å². The summed E-state index contributed by atoms with van der Waals surface area (Å²) in [6, 6.07) is 8.71. The van der Waals surface area contributed by atoms with E-state index >= 15 is 0 Å². The van der Waals surface area contributed by atoms with Gasteiger partial charge in [0.05, 0.1) is 39.2 Å². The molecule has 4 rings (SSSR count). The number of nitrogens with zero attached hydrogens (tertiary/aromatic N) is 3. The van der Waals surface area contributed by atoms with E-state index in [-0.39, 0.29) is 24.6 Å². The summed E-state index contributed by atoms with van der Waals surface area (Å²) in [6.07, 6.45) is 1.63. The van der Waals surface area contributed by atoms with E-state index in [0.29, 0.717) is 34.1 Å². The molecule has 0 atom stereocenters. The van der Waals surface area contributed by atoms with Gasteiger partial charge in [-0.25, -0.2) is 14.6 Å². The van der Waals surface area contributed by atoms with Crippen molar-refractivity contribution in [2.24, 2.45) is 0 Å². The van der Waals surface area contributed by atoms with Crippen LogP contribution in [0.2, 0.25) is 0 Å². The monoisotopic (exact) mass is 425 g/mol. The second kappa shape index (κ2) is 8.44. The Morgan fingerprint density at radius 1 is 1.10 bits per heavy atom. The molecular formula is C21H19N3O7. The van der Waals surface area contributed by atoms with Gasteiger partial charge in [0.2, 0.25) is 5.89 Å². The van der Waals surface area contributed by atoms with Gasteiger partial charge in [-0.2, -0.15) is 4.98 Å². The summed E-state index contributed by atoms with van der Waals surface area (Å²) in [6.45, 7) is -0.105. The minimum Gasteiger partial charge on any atom is -0.495 e. The molecule has 0 saturated heterocycles. The summed E-state index contributed by atoms with van der Waals surface area (Å²) in [7, 11) is 3.96. The van der Waals surface area contributed by atoms with Crippen molar-refractivity contribution in [2.75, 3.05) is 39.6 Å². The van der Waals surface area contributed by atoms with Crippen molar-refractivity contribution in [2.45, 2.75) is 0 Å². The largest absolute Gasteiger partial charge is 0.495 e. The highest BCUT2D eigenvalue weighted by Crippen LogP contribution is 2.37. The molecule has 3 heterocycles. The van der Waals surface area contributed by atoms with Crippen LogP contribution in [0.25, 0.3) is 22.7 Å². The fourth-order valence-corrected chi connectivity index (χ4v) is 3.26. The normalized spacial score (nSPS) is 14.0. The van der Waals surface area contributed by atoms with Crippen molar-refractivity contribution in [3.63, 3.8) is 0 Å². The molecule has 0 unspecified atom stereocenters. The Balaban J connectivity index is 1.86. The number of hydrogen-bond donors (Lipinski definition) is 0. The van der Waals surface area contributed by atoms with E-state index < -0.39 is 11.9 Å². The van der Waals surface area contributed by atoms with E-state index in [1.54, 1.807) is 36.5 Å². The predicted molar refractivity (Wildman–Crippen MR) is 108 cm³/mol. The third-order valence-electron chi connectivity index (χ3n) is 4.71. The Morgan fingerprint density at radius 3 is 2.61 bits per heavy atom. The molecule has 10 heteroatoms. The Hall–Kier alpha value is -3.92. The number of hydrogen-bond acceptors (Lipinski definition) is 10. The van der Waals surface area contributed by atoms with E-state index in [4.69, 9.17) is 23.4 Å². The molecule has 0 radical (unpaired) electrons. The molecular weight excluding hydrogens is 406 g/mol. The summed E-state index contributed by atoms with van der Waals surface area (Å²) in [4.78, 5) is 34.9. The zero-order valence-electron chi connectivity index (χ0n) is 17.1. The minimum atomic E-state index is -0.706. The molecule has 0 fully saturated rings. The predicted octanol–water partition coefficient (Wildman–Crippen LogP) is 2.29. The van der Waals surface area contributed by atoms with Crippen LogP contribution >= 0.6 is 0 Å². The number of aromatic nitrogens is 2. The van der Waals surface area contributed by atoms with Gasteiger partial charge in [0.25, 0.3) is 0 Å². The van der Waals surface area contributed by atoms with Crippen molar-refractivity contribution in [1.29, 1.82) is 0 Å². The highest BCUT2D eigenvalue weighted by Gasteiger charge is 2.34. The molecule has 1 aliphatic heterocycles. The van der Waals surface area contributed by atoms with Crippen molar-refractivity contribution < 1.29 is 33.0 Å². The average Bonchev–Trinajstić information content (AvgIpc) is 3.26. The average molecular weight is 425 g/mol. The van der Waals surface area contributed by atoms with Gasteiger partial charge < -0.3 is 28.3 Å². The lowest BCUT2D eigenvalue weighted by Crippen LogP contribution is -2.39. The van der Waals surface area contributed by atoms with E-state index in [9.17, 15) is 9.59 Å². The number of carbonyl (C=O) groups excluding carboxylic acids is 2. The molecule has 10 nitrogen and oxygen atoms in total. The summed E-state index contributed by atoms with van der Waals surface area (Å²) < 4.78 is 26.5. The van der Waals surface area contributed by atoms with Crippen molar-refractivity contribution in [3.05, 3.63) is 47.8 Å². The van der Waals surface area contributed by atoms with Gasteiger partial charge >= 0.3 is 11.9 Å². The summed E-state index contributed by atoms with van der Waals surface area (Å²) in [5, 5.41) is 0. The molecule has 1 aromatic carbocycles. The fraction of sp³-hybridized carbons (Fsp3) is 0.238. The molecule has 31 heavy (non-hydrogen) atoms. The van der Waals surface area contributed by atoms with Crippen LogP contribution in [0.1, 0.15) is 0 Å². The van der Waals surface area contributed by atoms with E-state index in [1.807, 2.05) is 0 Å². The molecule has 0 aliphatic carbocycles. The van der Waals surface area contributed by atoms with E-state index in [2.05, 4.69) is 9.97 Å². The van der Waals surface area contributed by atoms with Crippen LogP contribution in [-0.4, -0.2) is 56.6 Å². The number of pyridine rings is 1. The summed E-state index contributed by atoms with van der Waals surface area (Å²) >= 11 is 0. The second-order valence-electron chi connectivity index (χ2n) is 6.45. The van der Waals surface area contributed by atoms with Crippen LogP contribution in [0.15, 0.2) is 52.2 Å². The van der Waals surface area contributed by atoms with Crippen LogP contribution in [0.3, 0.4) is 0 Å². The Kier molecular flexibility index (Phi) is 5.54. The van der Waals surface area contributed by atoms with Crippen molar-refractivity contribution in [1.82, 2.24) is 9.97 Å². The number of methoxy groups -OCH3 is 3. The number of carbonyl (C=O) groups is 2. The first-order chi connectivity index (χ1) is 15.1. The summed E-state index contributed by atoms with van der Waals surface area (Å²) in [5.41, 5.74) is 2.13. The van der Waals surface area contributed by atoms with Crippen molar-refractivity contribution in [3.8, 4) is 17.2 Å². The molecule has 0 saturated carbocycles. The van der Waals surface area contributed by atoms with Crippen LogP contribution in [-0.2, 0) is 23.8 Å². The smallest absolute Gasteiger partial charge is 0.355 e. The van der Waals surface area contributed by atoms with E-state index in [1.165, 1.54) is 26.2 Å². The van der Waals surface area contributed by atoms with Gasteiger partial charge in [-0.05, 0) is 30.3 Å². The minimum absolute atomic E-state index is 0.00952. The first-order valence-corrected chi connectivity index (χ1v) is 9.22. The maximum Gasteiger partial charge on any atom is 0.355 e. The number of esters is 2. The van der Waals surface area contributed by atoms with Crippen molar-refractivity contribution >= 4 is 28.9 Å². The second-order valence-corrected chi connectivity index (χ2v) is 6.45. The van der Waals surface area contributed by atoms with Crippen LogP contribution in [0.5, 0.6) is 5.75 Å². The van der Waals surface area contributed by atoms with Crippen LogP contribution in [0.4, 0.5) is 5.69 Å². The van der Waals surface area contributed by atoms with E-state index in [0.717, 1.165) is 0 Å². The Bertz CT molecular complexity index is 1150. The standard InChI is InChI=1S/C21H19N3O7/c1-27-15-7-6-12(19-23-18-16(31-19)5-4-8-22-18)9-14(15)24-11-30-10-13(20(25)28-2)17(24)21(26)29-3/h4-9H,10-11H2,1-3H3. The highest BCUT2D eigenvalue weighted by molar-refractivity contribution is 6.03. The molecule has 0 amide bonds. The number of anilines is 1. The molecule has 1 aliphatic rings. The maximum absolute atomic E-state index is 12.6. The highest BCUT2D eigenvalue weighted by atomic mass is 16.5. The van der Waals surface area contributed by atoms with Crippen LogP contribution < -0.4 is 9.64 Å². The number of ether oxygens (including phenoxy) is 4. The molecule has 0 N–H and O–H groups in total. The number of benzene rings is 1. The SMILES string of the molecule is COC(=O)C1=C(C(=O)OC)N(c2cc(-c3nc4ncccc4o3)ccc2OC)COC1. The lowest BCUT2D eigenvalue weighted by molar-refractivity contribution is -0.140. The van der Waals surface area contributed by atoms with Gasteiger partial charge in [0.1, 0.15) is 18.2 Å². The molecule has 0 spiro atoms. The Labute approximate surface area is 177 Å². The topological polar surface area (TPSA) is 113 Å². The lowest BCUT2D eigenvalue weighted by atomic mass is 10.1. The fourth-order valence-electron chi connectivity index (χ4n) is 3.26. The van der Waals surface area contributed by atoms with Gasteiger partial charge in [-0.3, -0.25) is 0 Å². The number of oxazole rings is 1. The maximum atomic E-state index is 12.6. The first kappa shape index (κ1) is 20.4. The molecule has 3 aromatic rings. The lowest BCUT2D eigenvalue weighted by Gasteiger charge is -2.32.